The van der Waals surface area contributed by atoms with Crippen LogP contribution in [0.1, 0.15) is 5.76 Å². The van der Waals surface area contributed by atoms with Gasteiger partial charge in [-0.2, -0.15) is 0 Å². The van der Waals surface area contributed by atoms with Gasteiger partial charge in [-0.1, -0.05) is 30.3 Å². The molecule has 0 bridgehead atoms. The lowest BCUT2D eigenvalue weighted by Gasteiger charge is -2.13. The van der Waals surface area contributed by atoms with E-state index in [9.17, 15) is 19.7 Å². The van der Waals surface area contributed by atoms with Crippen molar-refractivity contribution >= 4 is 34.7 Å². The molecule has 31 heavy (non-hydrogen) atoms. The molecular formula is C22H16N2O6S. The van der Waals surface area contributed by atoms with E-state index in [2.05, 4.69) is 0 Å². The molecule has 8 nitrogen and oxygen atoms in total. The van der Waals surface area contributed by atoms with Crippen LogP contribution in [0.5, 0.6) is 5.75 Å². The van der Waals surface area contributed by atoms with E-state index >= 15 is 0 Å². The third-order valence-corrected chi connectivity index (χ3v) is 5.37. The molecule has 1 aliphatic heterocycles. The zero-order valence-electron chi connectivity index (χ0n) is 16.1. The summed E-state index contributed by atoms with van der Waals surface area (Å²) in [6.45, 7) is 0.300. The average molecular weight is 436 g/mol. The van der Waals surface area contributed by atoms with Crippen LogP contribution in [-0.2, 0) is 4.79 Å². The molecule has 2 heterocycles. The minimum atomic E-state index is -0.486. The van der Waals surface area contributed by atoms with Gasteiger partial charge in [0.1, 0.15) is 23.9 Å². The van der Waals surface area contributed by atoms with Gasteiger partial charge in [-0.15, -0.1) is 0 Å². The quantitative estimate of drug-likeness (QED) is 0.293. The molecule has 1 fully saturated rings. The van der Waals surface area contributed by atoms with Crippen LogP contribution in [0.4, 0.5) is 10.5 Å². The van der Waals surface area contributed by atoms with Gasteiger partial charge in [-0.25, -0.2) is 0 Å². The summed E-state index contributed by atoms with van der Waals surface area (Å²) in [5.41, 5.74) is 0.250. The number of carbonyl (C=O) groups excluding carboxylic acids is 2. The van der Waals surface area contributed by atoms with E-state index in [4.69, 9.17) is 9.15 Å². The molecule has 4 rings (SSSR count). The fourth-order valence-electron chi connectivity index (χ4n) is 3.01. The number of ether oxygens (including phenoxy) is 1. The minimum absolute atomic E-state index is 0.0814. The number of rotatable bonds is 7. The Hall–Kier alpha value is -3.85. The lowest BCUT2D eigenvalue weighted by molar-refractivity contribution is -0.384. The second kappa shape index (κ2) is 8.88. The largest absolute Gasteiger partial charge is 0.492 e. The summed E-state index contributed by atoms with van der Waals surface area (Å²) in [4.78, 5) is 36.9. The number of nitro benzene ring substituents is 1. The fraction of sp³-hybridized carbons (Fsp3) is 0.0909. The number of nitrogens with zero attached hydrogens (tertiary/aromatic N) is 2. The molecule has 1 aliphatic rings. The van der Waals surface area contributed by atoms with Crippen molar-refractivity contribution in [3.63, 3.8) is 0 Å². The molecule has 1 saturated heterocycles. The standard InChI is InChI=1S/C22H16N2O6S/c25-21-20(31-22(26)23(21)12-13-29-15-6-2-1-3-7-15)14-16-10-11-19(30-16)17-8-4-5-9-18(17)24(27)28/h1-11,14H,12-13H2/b20-14-. The molecule has 2 amide bonds. The van der Waals surface area contributed by atoms with Crippen LogP contribution in [0.3, 0.4) is 0 Å². The van der Waals surface area contributed by atoms with Crippen LogP contribution < -0.4 is 4.74 Å². The van der Waals surface area contributed by atoms with Crippen molar-refractivity contribution in [1.29, 1.82) is 0 Å². The normalized spacial score (nSPS) is 15.0. The third-order valence-electron chi connectivity index (χ3n) is 4.47. The Labute approximate surface area is 181 Å². The Morgan fingerprint density at radius 1 is 1.03 bits per heavy atom. The second-order valence-corrected chi connectivity index (χ2v) is 7.46. The Morgan fingerprint density at radius 2 is 1.77 bits per heavy atom. The van der Waals surface area contributed by atoms with E-state index in [1.54, 1.807) is 42.5 Å². The summed E-state index contributed by atoms with van der Waals surface area (Å²) in [6, 6.07) is 18.5. The van der Waals surface area contributed by atoms with Crippen molar-refractivity contribution in [3.8, 4) is 17.1 Å². The van der Waals surface area contributed by atoms with E-state index in [1.165, 1.54) is 12.1 Å². The number of thioether (sulfide) groups is 1. The van der Waals surface area contributed by atoms with Crippen molar-refractivity contribution in [1.82, 2.24) is 4.90 Å². The summed E-state index contributed by atoms with van der Waals surface area (Å²) >= 11 is 0.811. The van der Waals surface area contributed by atoms with E-state index in [-0.39, 0.29) is 23.7 Å². The zero-order chi connectivity index (χ0) is 21.8. The van der Waals surface area contributed by atoms with Crippen molar-refractivity contribution in [2.45, 2.75) is 0 Å². The van der Waals surface area contributed by atoms with Crippen molar-refractivity contribution in [3.05, 3.63) is 87.5 Å². The van der Waals surface area contributed by atoms with Crippen molar-refractivity contribution in [2.75, 3.05) is 13.2 Å². The second-order valence-electron chi connectivity index (χ2n) is 6.47. The smallest absolute Gasteiger partial charge is 0.293 e. The molecule has 9 heteroatoms. The molecule has 0 aliphatic carbocycles. The van der Waals surface area contributed by atoms with Gasteiger partial charge in [0, 0.05) is 12.1 Å². The molecule has 0 unspecified atom stereocenters. The monoisotopic (exact) mass is 436 g/mol. The molecule has 3 aromatic rings. The number of hydrogen-bond donors (Lipinski definition) is 0. The van der Waals surface area contributed by atoms with Crippen LogP contribution in [0, 0.1) is 10.1 Å². The number of amides is 2. The summed E-state index contributed by atoms with van der Waals surface area (Å²) in [6.07, 6.45) is 1.46. The van der Waals surface area contributed by atoms with Crippen LogP contribution in [0.25, 0.3) is 17.4 Å². The highest BCUT2D eigenvalue weighted by Crippen LogP contribution is 2.35. The van der Waals surface area contributed by atoms with Gasteiger partial charge in [0.25, 0.3) is 16.8 Å². The molecule has 0 saturated carbocycles. The molecule has 0 radical (unpaired) electrons. The highest BCUT2D eigenvalue weighted by molar-refractivity contribution is 8.18. The molecule has 0 spiro atoms. The van der Waals surface area contributed by atoms with Crippen LogP contribution >= 0.6 is 11.8 Å². The number of hydrogen-bond acceptors (Lipinski definition) is 7. The van der Waals surface area contributed by atoms with Crippen LogP contribution in [-0.4, -0.2) is 34.1 Å². The predicted molar refractivity (Wildman–Crippen MR) is 115 cm³/mol. The van der Waals surface area contributed by atoms with Gasteiger partial charge < -0.3 is 9.15 Å². The number of benzene rings is 2. The Bertz CT molecular complexity index is 1170. The number of carbonyl (C=O) groups is 2. The molecule has 1 aromatic heterocycles. The first kappa shape index (κ1) is 20.4. The van der Waals surface area contributed by atoms with Crippen molar-refractivity contribution < 1.29 is 23.7 Å². The van der Waals surface area contributed by atoms with Gasteiger partial charge in [0.05, 0.1) is 21.9 Å². The maximum absolute atomic E-state index is 12.6. The molecule has 156 valence electrons. The van der Waals surface area contributed by atoms with Crippen molar-refractivity contribution in [2.24, 2.45) is 0 Å². The third kappa shape index (κ3) is 4.51. The van der Waals surface area contributed by atoms with E-state index in [0.29, 0.717) is 22.8 Å². The lowest BCUT2D eigenvalue weighted by Crippen LogP contribution is -2.32. The summed E-state index contributed by atoms with van der Waals surface area (Å²) in [5.74, 6) is 0.840. The van der Waals surface area contributed by atoms with Gasteiger partial charge in [0.15, 0.2) is 0 Å². The first-order chi connectivity index (χ1) is 15.0. The maximum atomic E-state index is 12.6. The Kier molecular flexibility index (Phi) is 5.85. The van der Waals surface area contributed by atoms with E-state index in [1.807, 2.05) is 18.2 Å². The lowest BCUT2D eigenvalue weighted by atomic mass is 10.1. The summed E-state index contributed by atoms with van der Waals surface area (Å²) in [5, 5.41) is 10.8. The molecule has 0 atom stereocenters. The van der Waals surface area contributed by atoms with Crippen LogP contribution in [0.15, 0.2) is 76.1 Å². The van der Waals surface area contributed by atoms with Gasteiger partial charge in [-0.05, 0) is 42.1 Å². The molecular weight excluding hydrogens is 420 g/mol. The first-order valence-electron chi connectivity index (χ1n) is 9.30. The van der Waals surface area contributed by atoms with E-state index < -0.39 is 16.1 Å². The summed E-state index contributed by atoms with van der Waals surface area (Å²) < 4.78 is 11.2. The van der Waals surface area contributed by atoms with E-state index in [0.717, 1.165) is 16.7 Å². The topological polar surface area (TPSA) is 103 Å². The van der Waals surface area contributed by atoms with Gasteiger partial charge in [0.2, 0.25) is 0 Å². The Morgan fingerprint density at radius 3 is 2.55 bits per heavy atom. The van der Waals surface area contributed by atoms with Gasteiger partial charge >= 0.3 is 0 Å². The maximum Gasteiger partial charge on any atom is 0.293 e. The first-order valence-corrected chi connectivity index (χ1v) is 10.1. The highest BCUT2D eigenvalue weighted by Gasteiger charge is 2.35. The minimum Gasteiger partial charge on any atom is -0.492 e. The van der Waals surface area contributed by atoms with Crippen LogP contribution in [0.2, 0.25) is 0 Å². The molecule has 2 aromatic carbocycles. The average Bonchev–Trinajstić information content (AvgIpc) is 3.34. The number of imide groups is 1. The Balaban J connectivity index is 1.46. The number of nitro groups is 1. The fourth-order valence-corrected chi connectivity index (χ4v) is 3.85. The predicted octanol–water partition coefficient (Wildman–Crippen LogP) is 4.97. The molecule has 0 N–H and O–H groups in total. The number of furan rings is 1. The number of para-hydroxylation sites is 2. The zero-order valence-corrected chi connectivity index (χ0v) is 16.9. The highest BCUT2D eigenvalue weighted by atomic mass is 32.2. The SMILES string of the molecule is O=C1S/C(=C\c2ccc(-c3ccccc3[N+](=O)[O-])o2)C(=O)N1CCOc1ccccc1. The van der Waals surface area contributed by atoms with Gasteiger partial charge in [-0.3, -0.25) is 24.6 Å². The summed E-state index contributed by atoms with van der Waals surface area (Å²) in [7, 11) is 0.